The number of hydrogen-bond donors (Lipinski definition) is 2. The molecule has 0 unspecified atom stereocenters. The first kappa shape index (κ1) is 20.3. The highest BCUT2D eigenvalue weighted by atomic mass is 35.5. The van der Waals surface area contributed by atoms with Gasteiger partial charge in [0.1, 0.15) is 6.04 Å². The van der Waals surface area contributed by atoms with E-state index in [9.17, 15) is 14.4 Å². The molecule has 3 amide bonds. The maximum Gasteiger partial charge on any atom is 0.256 e. The van der Waals surface area contributed by atoms with Crippen molar-refractivity contribution >= 4 is 35.0 Å². The van der Waals surface area contributed by atoms with Gasteiger partial charge >= 0.3 is 0 Å². The Bertz CT molecular complexity index is 1210. The quantitative estimate of drug-likeness (QED) is 0.640. The van der Waals surface area contributed by atoms with Gasteiger partial charge in [-0.3, -0.25) is 14.4 Å². The molecule has 0 bridgehead atoms. The van der Waals surface area contributed by atoms with Gasteiger partial charge in [0.05, 0.1) is 11.3 Å². The van der Waals surface area contributed by atoms with Gasteiger partial charge in [0.15, 0.2) is 0 Å². The van der Waals surface area contributed by atoms with Gasteiger partial charge in [-0.1, -0.05) is 48.0 Å². The summed E-state index contributed by atoms with van der Waals surface area (Å²) in [7, 11) is 0. The molecule has 32 heavy (non-hydrogen) atoms. The van der Waals surface area contributed by atoms with Gasteiger partial charge in [-0.25, -0.2) is 0 Å². The lowest BCUT2D eigenvalue weighted by Gasteiger charge is -2.20. The predicted molar refractivity (Wildman–Crippen MR) is 123 cm³/mol. The summed E-state index contributed by atoms with van der Waals surface area (Å²) < 4.78 is 0. The van der Waals surface area contributed by atoms with Gasteiger partial charge in [0, 0.05) is 23.2 Å². The number of fused-ring (bicyclic) bond motifs is 2. The fourth-order valence-corrected chi connectivity index (χ4v) is 4.42. The summed E-state index contributed by atoms with van der Waals surface area (Å²) in [5, 5.41) is 6.47. The van der Waals surface area contributed by atoms with E-state index in [4.69, 9.17) is 11.6 Å². The normalized spacial score (nSPS) is 19.6. The van der Waals surface area contributed by atoms with Gasteiger partial charge < -0.3 is 15.5 Å². The average molecular weight is 446 g/mol. The minimum absolute atomic E-state index is 0.216. The number of halogens is 1. The topological polar surface area (TPSA) is 78.5 Å². The van der Waals surface area contributed by atoms with Crippen LogP contribution < -0.4 is 10.6 Å². The zero-order valence-corrected chi connectivity index (χ0v) is 17.8. The number of rotatable bonds is 3. The van der Waals surface area contributed by atoms with Crippen molar-refractivity contribution in [2.45, 2.75) is 18.5 Å². The van der Waals surface area contributed by atoms with Gasteiger partial charge in [-0.15, -0.1) is 0 Å². The van der Waals surface area contributed by atoms with Crippen LogP contribution in [0.25, 0.3) is 11.1 Å². The third-order valence-corrected chi connectivity index (χ3v) is 6.17. The first-order valence-electron chi connectivity index (χ1n) is 10.4. The Morgan fingerprint density at radius 1 is 0.969 bits per heavy atom. The van der Waals surface area contributed by atoms with Crippen LogP contribution in [0.15, 0.2) is 72.8 Å². The fourth-order valence-electron chi connectivity index (χ4n) is 4.29. The standard InChI is InChI=1S/C25H20ClN3O3/c26-18-9-6-15(7-10-18)17-8-11-21-20(12-17)25(32)29-14-19(13-22(29)24(31)28-21)27-23(30)16-4-2-1-3-5-16/h1-12,19,22H,13-14H2,(H,27,30)(H,28,31)/t19-,22-/m0/s1. The Morgan fingerprint density at radius 3 is 2.44 bits per heavy atom. The summed E-state index contributed by atoms with van der Waals surface area (Å²) >= 11 is 5.99. The van der Waals surface area contributed by atoms with E-state index in [1.807, 2.05) is 24.3 Å². The van der Waals surface area contributed by atoms with Crippen molar-refractivity contribution < 1.29 is 14.4 Å². The number of amides is 3. The maximum absolute atomic E-state index is 13.4. The molecule has 2 aliphatic rings. The summed E-state index contributed by atoms with van der Waals surface area (Å²) in [5.74, 6) is -0.685. The van der Waals surface area contributed by atoms with E-state index in [1.165, 1.54) is 0 Å². The van der Waals surface area contributed by atoms with Crippen molar-refractivity contribution in [1.82, 2.24) is 10.2 Å². The molecule has 2 atom stereocenters. The molecule has 7 heteroatoms. The van der Waals surface area contributed by atoms with Crippen LogP contribution >= 0.6 is 11.6 Å². The van der Waals surface area contributed by atoms with Crippen LogP contribution in [0, 0.1) is 0 Å². The Kier molecular flexibility index (Phi) is 5.15. The highest BCUT2D eigenvalue weighted by Gasteiger charge is 2.43. The molecule has 160 valence electrons. The molecule has 0 aromatic heterocycles. The van der Waals surface area contributed by atoms with E-state index in [1.54, 1.807) is 53.4 Å². The Hall–Kier alpha value is -3.64. The van der Waals surface area contributed by atoms with Gasteiger partial charge in [-0.2, -0.15) is 0 Å². The van der Waals surface area contributed by atoms with Crippen molar-refractivity contribution in [3.05, 3.63) is 88.9 Å². The van der Waals surface area contributed by atoms with Gasteiger partial charge in [0.2, 0.25) is 5.91 Å². The Balaban J connectivity index is 1.40. The molecule has 3 aromatic carbocycles. The van der Waals surface area contributed by atoms with Crippen LogP contribution in [0.2, 0.25) is 5.02 Å². The van der Waals surface area contributed by atoms with Crippen LogP contribution in [-0.2, 0) is 4.79 Å². The third kappa shape index (κ3) is 3.74. The van der Waals surface area contributed by atoms with Crippen LogP contribution in [0.4, 0.5) is 5.69 Å². The molecule has 0 aliphatic carbocycles. The molecular weight excluding hydrogens is 426 g/mol. The number of benzene rings is 3. The van der Waals surface area contributed by atoms with Gasteiger partial charge in [-0.05, 0) is 53.9 Å². The van der Waals surface area contributed by atoms with Crippen LogP contribution in [0.3, 0.4) is 0 Å². The van der Waals surface area contributed by atoms with E-state index in [2.05, 4.69) is 10.6 Å². The molecule has 2 heterocycles. The molecule has 1 fully saturated rings. The lowest BCUT2D eigenvalue weighted by atomic mass is 10.0. The smallest absolute Gasteiger partial charge is 0.256 e. The molecular formula is C25H20ClN3O3. The second-order valence-corrected chi connectivity index (χ2v) is 8.44. The van der Waals surface area contributed by atoms with E-state index < -0.39 is 6.04 Å². The minimum atomic E-state index is -0.630. The van der Waals surface area contributed by atoms with Crippen molar-refractivity contribution in [1.29, 1.82) is 0 Å². The molecule has 5 rings (SSSR count). The van der Waals surface area contributed by atoms with Crippen LogP contribution in [0.1, 0.15) is 27.1 Å². The maximum atomic E-state index is 13.4. The second kappa shape index (κ2) is 8.13. The van der Waals surface area contributed by atoms with E-state index in [0.29, 0.717) is 28.3 Å². The molecule has 0 saturated carbocycles. The molecule has 1 saturated heterocycles. The Morgan fingerprint density at radius 2 is 1.69 bits per heavy atom. The number of nitrogens with one attached hydrogen (secondary N) is 2. The van der Waals surface area contributed by atoms with E-state index in [0.717, 1.165) is 11.1 Å². The number of carbonyl (C=O) groups is 3. The first-order valence-corrected chi connectivity index (χ1v) is 10.7. The molecule has 2 N–H and O–H groups in total. The molecule has 0 radical (unpaired) electrons. The molecule has 0 spiro atoms. The minimum Gasteiger partial charge on any atom is -0.347 e. The monoisotopic (exact) mass is 445 g/mol. The zero-order chi connectivity index (χ0) is 22.2. The summed E-state index contributed by atoms with van der Waals surface area (Å²) in [4.78, 5) is 40.4. The average Bonchev–Trinajstić information content (AvgIpc) is 3.20. The third-order valence-electron chi connectivity index (χ3n) is 5.92. The Labute approximate surface area is 190 Å². The van der Waals surface area contributed by atoms with Crippen molar-refractivity contribution in [3.8, 4) is 11.1 Å². The second-order valence-electron chi connectivity index (χ2n) is 8.00. The van der Waals surface area contributed by atoms with E-state index in [-0.39, 0.29) is 30.3 Å². The summed E-state index contributed by atoms with van der Waals surface area (Å²) in [6, 6.07) is 20.7. The van der Waals surface area contributed by atoms with Crippen LogP contribution in [0.5, 0.6) is 0 Å². The molecule has 2 aliphatic heterocycles. The molecule has 6 nitrogen and oxygen atoms in total. The lowest BCUT2D eigenvalue weighted by molar-refractivity contribution is -0.119. The van der Waals surface area contributed by atoms with Crippen molar-refractivity contribution in [2.75, 3.05) is 11.9 Å². The molecule has 3 aromatic rings. The highest BCUT2D eigenvalue weighted by molar-refractivity contribution is 6.30. The van der Waals surface area contributed by atoms with Crippen LogP contribution in [-0.4, -0.2) is 41.2 Å². The number of carbonyl (C=O) groups excluding carboxylic acids is 3. The first-order chi connectivity index (χ1) is 15.5. The van der Waals surface area contributed by atoms with Gasteiger partial charge in [0.25, 0.3) is 11.8 Å². The van der Waals surface area contributed by atoms with Crippen molar-refractivity contribution in [2.24, 2.45) is 0 Å². The summed E-state index contributed by atoms with van der Waals surface area (Å²) in [5.41, 5.74) is 3.25. The summed E-state index contributed by atoms with van der Waals surface area (Å²) in [6.07, 6.45) is 0.369. The predicted octanol–water partition coefficient (Wildman–Crippen LogP) is 3.97. The fraction of sp³-hybridized carbons (Fsp3) is 0.160. The number of anilines is 1. The largest absolute Gasteiger partial charge is 0.347 e. The van der Waals surface area contributed by atoms with E-state index >= 15 is 0 Å². The lowest BCUT2D eigenvalue weighted by Crippen LogP contribution is -2.41. The summed E-state index contributed by atoms with van der Waals surface area (Å²) in [6.45, 7) is 0.278. The highest BCUT2D eigenvalue weighted by Crippen LogP contribution is 2.32. The SMILES string of the molecule is O=C(N[C@H]1C[C@H]2C(=O)Nc3ccc(-c4ccc(Cl)cc4)cc3C(=O)N2C1)c1ccccc1. The number of hydrogen-bond acceptors (Lipinski definition) is 3. The zero-order valence-electron chi connectivity index (χ0n) is 17.0. The van der Waals surface area contributed by atoms with Crippen molar-refractivity contribution in [3.63, 3.8) is 0 Å². The number of nitrogens with zero attached hydrogens (tertiary/aromatic N) is 1.